The maximum absolute atomic E-state index is 11.8. The first kappa shape index (κ1) is 17.5. The van der Waals surface area contributed by atoms with E-state index in [1.165, 1.54) is 18.4 Å². The second-order valence-corrected chi connectivity index (χ2v) is 5.83. The molecule has 2 amide bonds. The van der Waals surface area contributed by atoms with Crippen molar-refractivity contribution in [1.82, 2.24) is 5.32 Å². The molecule has 3 N–H and O–H groups in total. The van der Waals surface area contributed by atoms with E-state index in [9.17, 15) is 9.90 Å². The van der Waals surface area contributed by atoms with Gasteiger partial charge < -0.3 is 15.7 Å². The summed E-state index contributed by atoms with van der Waals surface area (Å²) in [7, 11) is 0. The third-order valence-corrected chi connectivity index (χ3v) is 3.39. The predicted molar refractivity (Wildman–Crippen MR) is 87.5 cm³/mol. The van der Waals surface area contributed by atoms with E-state index in [4.69, 9.17) is 0 Å². The van der Waals surface area contributed by atoms with Crippen molar-refractivity contribution >= 4 is 11.7 Å². The lowest BCUT2D eigenvalue weighted by Gasteiger charge is -2.14. The fraction of sp³-hybridized carbons (Fsp3) is 0.588. The highest BCUT2D eigenvalue weighted by Gasteiger charge is 2.08. The molecule has 0 aliphatic rings. The predicted octanol–water partition coefficient (Wildman–Crippen LogP) is 3.56. The smallest absolute Gasteiger partial charge is 0.319 e. The van der Waals surface area contributed by atoms with Gasteiger partial charge in [0.25, 0.3) is 0 Å². The molecular weight excluding hydrogens is 264 g/mol. The van der Waals surface area contributed by atoms with Gasteiger partial charge in [0.1, 0.15) is 0 Å². The van der Waals surface area contributed by atoms with E-state index < -0.39 is 0 Å². The number of rotatable bonds is 8. The van der Waals surface area contributed by atoms with E-state index in [2.05, 4.69) is 29.7 Å². The van der Waals surface area contributed by atoms with Gasteiger partial charge in [0.05, 0.1) is 6.10 Å². The molecule has 1 aromatic carbocycles. The van der Waals surface area contributed by atoms with Gasteiger partial charge >= 0.3 is 6.03 Å². The maximum atomic E-state index is 11.8. The van der Waals surface area contributed by atoms with Crippen LogP contribution in [0.1, 0.15) is 45.6 Å². The molecule has 0 fully saturated rings. The van der Waals surface area contributed by atoms with Crippen molar-refractivity contribution in [2.75, 3.05) is 11.9 Å². The molecule has 0 saturated carbocycles. The van der Waals surface area contributed by atoms with Gasteiger partial charge in [-0.3, -0.25) is 0 Å². The Kier molecular flexibility index (Phi) is 7.83. The number of hydrogen-bond acceptors (Lipinski definition) is 2. The molecule has 0 radical (unpaired) electrons. The minimum Gasteiger partial charge on any atom is -0.393 e. The molecule has 0 bridgehead atoms. The van der Waals surface area contributed by atoms with Crippen molar-refractivity contribution < 1.29 is 9.90 Å². The number of nitrogens with one attached hydrogen (secondary N) is 2. The summed E-state index contributed by atoms with van der Waals surface area (Å²) in [5.41, 5.74) is 2.10. The lowest BCUT2D eigenvalue weighted by Crippen LogP contribution is -2.33. The Hall–Kier alpha value is -1.55. The van der Waals surface area contributed by atoms with E-state index in [1.54, 1.807) is 6.92 Å². The molecule has 0 spiro atoms. The van der Waals surface area contributed by atoms with Crippen LogP contribution in [-0.4, -0.2) is 23.8 Å². The SMILES string of the molecule is CCCCc1ccc(NC(=O)NCC(C)CC(C)O)cc1. The second-order valence-electron chi connectivity index (χ2n) is 5.83. The van der Waals surface area contributed by atoms with E-state index in [1.807, 2.05) is 19.1 Å². The number of urea groups is 1. The molecule has 0 aliphatic carbocycles. The second kappa shape index (κ2) is 9.40. The first-order valence-electron chi connectivity index (χ1n) is 7.83. The standard InChI is InChI=1S/C17H28N2O2/c1-4-5-6-15-7-9-16(10-8-15)19-17(21)18-12-13(2)11-14(3)20/h7-10,13-14,20H,4-6,11-12H2,1-3H3,(H2,18,19,21). The molecule has 2 unspecified atom stereocenters. The largest absolute Gasteiger partial charge is 0.393 e. The molecule has 0 aliphatic heterocycles. The highest BCUT2D eigenvalue weighted by Crippen LogP contribution is 2.11. The molecule has 4 heteroatoms. The van der Waals surface area contributed by atoms with Crippen LogP contribution >= 0.6 is 0 Å². The van der Waals surface area contributed by atoms with E-state index in [-0.39, 0.29) is 18.1 Å². The number of carbonyl (C=O) groups excluding carboxylic acids is 1. The van der Waals surface area contributed by atoms with Crippen LogP contribution in [0.3, 0.4) is 0 Å². The van der Waals surface area contributed by atoms with Gasteiger partial charge in [0.15, 0.2) is 0 Å². The number of aliphatic hydroxyl groups is 1. The first-order valence-corrected chi connectivity index (χ1v) is 7.83. The minimum absolute atomic E-state index is 0.200. The number of aryl methyl sites for hydroxylation is 1. The normalized spacial score (nSPS) is 13.5. The Labute approximate surface area is 128 Å². The van der Waals surface area contributed by atoms with Gasteiger partial charge in [0, 0.05) is 12.2 Å². The number of carbonyl (C=O) groups is 1. The van der Waals surface area contributed by atoms with Crippen LogP contribution < -0.4 is 10.6 Å². The van der Waals surface area contributed by atoms with Gasteiger partial charge in [-0.25, -0.2) is 4.79 Å². The van der Waals surface area contributed by atoms with Crippen LogP contribution in [0.25, 0.3) is 0 Å². The fourth-order valence-corrected chi connectivity index (χ4v) is 2.24. The van der Waals surface area contributed by atoms with Crippen LogP contribution in [0.5, 0.6) is 0 Å². The quantitative estimate of drug-likeness (QED) is 0.686. The Balaban J connectivity index is 2.34. The van der Waals surface area contributed by atoms with Crippen molar-refractivity contribution in [2.24, 2.45) is 5.92 Å². The molecule has 1 rings (SSSR count). The monoisotopic (exact) mass is 292 g/mol. The van der Waals surface area contributed by atoms with Crippen LogP contribution in [0.2, 0.25) is 0 Å². The average Bonchev–Trinajstić information content (AvgIpc) is 2.44. The van der Waals surface area contributed by atoms with Gasteiger partial charge in [-0.05, 0) is 49.8 Å². The summed E-state index contributed by atoms with van der Waals surface area (Å²) < 4.78 is 0. The molecule has 1 aromatic rings. The Morgan fingerprint density at radius 1 is 1.24 bits per heavy atom. The van der Waals surface area contributed by atoms with Gasteiger partial charge in [-0.15, -0.1) is 0 Å². The first-order chi connectivity index (χ1) is 10.0. The average molecular weight is 292 g/mol. The van der Waals surface area contributed by atoms with E-state index >= 15 is 0 Å². The Morgan fingerprint density at radius 2 is 1.90 bits per heavy atom. The summed E-state index contributed by atoms with van der Waals surface area (Å²) in [5, 5.41) is 14.9. The summed E-state index contributed by atoms with van der Waals surface area (Å²) in [4.78, 5) is 11.8. The third-order valence-electron chi connectivity index (χ3n) is 3.39. The van der Waals surface area contributed by atoms with Gasteiger partial charge in [-0.2, -0.15) is 0 Å². The molecule has 0 heterocycles. The van der Waals surface area contributed by atoms with E-state index in [0.29, 0.717) is 13.0 Å². The molecular formula is C17H28N2O2. The van der Waals surface area contributed by atoms with Crippen molar-refractivity contribution in [1.29, 1.82) is 0 Å². The summed E-state index contributed by atoms with van der Waals surface area (Å²) in [6, 6.07) is 7.78. The number of aliphatic hydroxyl groups excluding tert-OH is 1. The summed E-state index contributed by atoms with van der Waals surface area (Å²) >= 11 is 0. The van der Waals surface area contributed by atoms with Gasteiger partial charge in [-0.1, -0.05) is 32.4 Å². The molecule has 0 saturated heterocycles. The third kappa shape index (κ3) is 7.71. The number of benzene rings is 1. The minimum atomic E-state index is -0.333. The maximum Gasteiger partial charge on any atom is 0.319 e. The van der Waals surface area contributed by atoms with Crippen LogP contribution in [0.4, 0.5) is 10.5 Å². The zero-order chi connectivity index (χ0) is 15.7. The van der Waals surface area contributed by atoms with Crippen LogP contribution in [0, 0.1) is 5.92 Å². The summed E-state index contributed by atoms with van der Waals surface area (Å²) in [5.74, 6) is 0.257. The number of anilines is 1. The summed E-state index contributed by atoms with van der Waals surface area (Å²) in [6.07, 6.45) is 3.81. The number of amides is 2. The zero-order valence-electron chi connectivity index (χ0n) is 13.4. The highest BCUT2D eigenvalue weighted by molar-refractivity contribution is 5.89. The van der Waals surface area contributed by atoms with Crippen molar-refractivity contribution in [3.63, 3.8) is 0 Å². The van der Waals surface area contributed by atoms with Crippen LogP contribution in [-0.2, 0) is 6.42 Å². The lowest BCUT2D eigenvalue weighted by molar-refractivity contribution is 0.163. The van der Waals surface area contributed by atoms with Crippen molar-refractivity contribution in [3.8, 4) is 0 Å². The Bertz CT molecular complexity index is 415. The molecule has 4 nitrogen and oxygen atoms in total. The fourth-order valence-electron chi connectivity index (χ4n) is 2.24. The number of unbranched alkanes of at least 4 members (excludes halogenated alkanes) is 1. The molecule has 0 aromatic heterocycles. The van der Waals surface area contributed by atoms with Crippen molar-refractivity contribution in [2.45, 2.75) is 52.6 Å². The molecule has 21 heavy (non-hydrogen) atoms. The van der Waals surface area contributed by atoms with E-state index in [0.717, 1.165) is 12.1 Å². The molecule has 118 valence electrons. The lowest BCUT2D eigenvalue weighted by atomic mass is 10.1. The summed E-state index contributed by atoms with van der Waals surface area (Å²) in [6.45, 7) is 6.51. The molecule has 2 atom stereocenters. The Morgan fingerprint density at radius 3 is 2.48 bits per heavy atom. The van der Waals surface area contributed by atoms with Crippen molar-refractivity contribution in [3.05, 3.63) is 29.8 Å². The topological polar surface area (TPSA) is 61.4 Å². The highest BCUT2D eigenvalue weighted by atomic mass is 16.3. The zero-order valence-corrected chi connectivity index (χ0v) is 13.4. The van der Waals surface area contributed by atoms with Gasteiger partial charge in [0.2, 0.25) is 0 Å². The van der Waals surface area contributed by atoms with Crippen LogP contribution in [0.15, 0.2) is 24.3 Å². The number of hydrogen-bond donors (Lipinski definition) is 3.